The first-order valence-electron chi connectivity index (χ1n) is 4.99. The second kappa shape index (κ2) is 7.10. The molecule has 0 rings (SSSR count). The van der Waals surface area contributed by atoms with Crippen molar-refractivity contribution in [3.63, 3.8) is 0 Å². The summed E-state index contributed by atoms with van der Waals surface area (Å²) < 4.78 is 40.1. The summed E-state index contributed by atoms with van der Waals surface area (Å²) in [5, 5.41) is 0.137. The number of carbonyl (C=O) groups excluding carboxylic acids is 2. The van der Waals surface area contributed by atoms with Gasteiger partial charge in [0, 0.05) is 13.0 Å². The van der Waals surface area contributed by atoms with Gasteiger partial charge in [0.2, 0.25) is 0 Å². The van der Waals surface area contributed by atoms with Crippen LogP contribution in [0, 0.1) is 0 Å². The Balaban J connectivity index is 3.69. The number of halogens is 3. The molecule has 0 unspecified atom stereocenters. The highest BCUT2D eigenvalue weighted by Gasteiger charge is 2.41. The highest BCUT2D eigenvalue weighted by Crippen LogP contribution is 2.17. The molecule has 5 nitrogen and oxygen atoms in total. The lowest BCUT2D eigenvalue weighted by atomic mass is 10.2. The number of alkyl halides is 3. The Morgan fingerprint density at radius 2 is 1.82 bits per heavy atom. The molecule has 0 aromatic rings. The fraction of sp³-hybridized carbons (Fsp3) is 0.778. The number of carbonyl (C=O) groups is 2. The molecule has 8 heteroatoms. The van der Waals surface area contributed by atoms with Crippen molar-refractivity contribution in [2.75, 3.05) is 13.7 Å². The fourth-order valence-electron chi connectivity index (χ4n) is 1.09. The summed E-state index contributed by atoms with van der Waals surface area (Å²) in [6.45, 7) is -0.195. The monoisotopic (exact) mass is 256 g/mol. The van der Waals surface area contributed by atoms with Gasteiger partial charge in [0.15, 0.2) is 0 Å². The fourth-order valence-corrected chi connectivity index (χ4v) is 1.09. The third-order valence-electron chi connectivity index (χ3n) is 2.01. The normalized spacial score (nSPS) is 11.1. The maximum atomic E-state index is 11.9. The molecule has 0 saturated carbocycles. The first kappa shape index (κ1) is 15.7. The van der Waals surface area contributed by atoms with Crippen molar-refractivity contribution in [2.45, 2.75) is 31.9 Å². The van der Waals surface area contributed by atoms with E-state index in [1.54, 1.807) is 0 Å². The Labute approximate surface area is 96.7 Å². The van der Waals surface area contributed by atoms with E-state index in [1.807, 2.05) is 0 Å². The Hall–Kier alpha value is -1.31. The molecule has 0 heterocycles. The van der Waals surface area contributed by atoms with Crippen LogP contribution in [0.2, 0.25) is 0 Å². The van der Waals surface area contributed by atoms with Crippen LogP contribution >= 0.6 is 0 Å². The number of amides is 1. The van der Waals surface area contributed by atoms with Crippen LogP contribution in [-0.4, -0.2) is 36.7 Å². The first-order valence-corrected chi connectivity index (χ1v) is 4.99. The van der Waals surface area contributed by atoms with Crippen LogP contribution in [0.3, 0.4) is 0 Å². The zero-order valence-corrected chi connectivity index (χ0v) is 9.42. The third kappa shape index (κ3) is 6.77. The van der Waals surface area contributed by atoms with Crippen molar-refractivity contribution in [2.24, 2.45) is 5.84 Å². The number of hydrogen-bond acceptors (Lipinski definition) is 4. The van der Waals surface area contributed by atoms with E-state index in [0.717, 1.165) is 0 Å². The molecule has 0 spiro atoms. The van der Waals surface area contributed by atoms with Crippen LogP contribution in [0.15, 0.2) is 0 Å². The van der Waals surface area contributed by atoms with E-state index in [4.69, 9.17) is 5.84 Å². The molecule has 0 aliphatic heterocycles. The van der Waals surface area contributed by atoms with Crippen molar-refractivity contribution >= 4 is 11.9 Å². The lowest BCUT2D eigenvalue weighted by Crippen LogP contribution is -2.46. The molecular formula is C9H15F3N2O3. The van der Waals surface area contributed by atoms with Gasteiger partial charge in [-0.25, -0.2) is 5.84 Å². The largest absolute Gasteiger partial charge is 0.472 e. The molecule has 0 saturated heterocycles. The number of nitrogens with zero attached hydrogens (tertiary/aromatic N) is 1. The SMILES string of the molecule is COC(=O)CCCCCN(N)C(=O)C(F)(F)F. The van der Waals surface area contributed by atoms with E-state index in [2.05, 4.69) is 4.74 Å². The lowest BCUT2D eigenvalue weighted by molar-refractivity contribution is -0.185. The summed E-state index contributed by atoms with van der Waals surface area (Å²) in [5.74, 6) is 2.51. The zero-order valence-electron chi connectivity index (χ0n) is 9.42. The predicted molar refractivity (Wildman–Crippen MR) is 52.4 cm³/mol. The summed E-state index contributed by atoms with van der Waals surface area (Å²) in [6.07, 6.45) is -3.46. The lowest BCUT2D eigenvalue weighted by Gasteiger charge is -2.17. The number of hydrazine groups is 1. The number of ether oxygens (including phenoxy) is 1. The Kier molecular flexibility index (Phi) is 6.55. The van der Waals surface area contributed by atoms with Crippen LogP contribution in [0.25, 0.3) is 0 Å². The molecule has 0 fully saturated rings. The van der Waals surface area contributed by atoms with Crippen LogP contribution in [0.1, 0.15) is 25.7 Å². The predicted octanol–water partition coefficient (Wildman–Crippen LogP) is 0.984. The molecule has 0 bridgehead atoms. The first-order chi connectivity index (χ1) is 7.79. The van der Waals surface area contributed by atoms with Crippen LogP contribution in [0.4, 0.5) is 13.2 Å². The van der Waals surface area contributed by atoms with Crippen molar-refractivity contribution in [3.05, 3.63) is 0 Å². The minimum atomic E-state index is -4.94. The summed E-state index contributed by atoms with van der Waals surface area (Å²) in [7, 11) is 1.26. The standard InChI is InChI=1S/C9H15F3N2O3/c1-17-7(15)5-3-2-4-6-14(13)8(16)9(10,11)12/h2-6,13H2,1H3. The maximum Gasteiger partial charge on any atom is 0.472 e. The average Bonchev–Trinajstić information content (AvgIpc) is 2.25. The van der Waals surface area contributed by atoms with Gasteiger partial charge in [-0.2, -0.15) is 13.2 Å². The smallest absolute Gasteiger partial charge is 0.469 e. The topological polar surface area (TPSA) is 72.6 Å². The molecule has 0 aromatic heterocycles. The number of hydrogen-bond donors (Lipinski definition) is 1. The average molecular weight is 256 g/mol. The molecule has 100 valence electrons. The Morgan fingerprint density at radius 1 is 1.24 bits per heavy atom. The van der Waals surface area contributed by atoms with Gasteiger partial charge in [0.05, 0.1) is 7.11 Å². The molecule has 0 radical (unpaired) electrons. The molecular weight excluding hydrogens is 241 g/mol. The Bertz CT molecular complexity index is 269. The summed E-state index contributed by atoms with van der Waals surface area (Å²) >= 11 is 0. The van der Waals surface area contributed by atoms with Gasteiger partial charge in [0.1, 0.15) is 0 Å². The van der Waals surface area contributed by atoms with Gasteiger partial charge >= 0.3 is 18.1 Å². The van der Waals surface area contributed by atoms with Crippen molar-refractivity contribution in [1.29, 1.82) is 0 Å². The number of methoxy groups -OCH3 is 1. The second-order valence-electron chi connectivity index (χ2n) is 3.38. The van der Waals surface area contributed by atoms with Gasteiger partial charge in [-0.3, -0.25) is 14.6 Å². The van der Waals surface area contributed by atoms with Gasteiger partial charge in [-0.05, 0) is 12.8 Å². The van der Waals surface area contributed by atoms with Gasteiger partial charge in [-0.1, -0.05) is 6.42 Å². The Morgan fingerprint density at radius 3 is 2.29 bits per heavy atom. The van der Waals surface area contributed by atoms with Crippen LogP contribution < -0.4 is 5.84 Å². The van der Waals surface area contributed by atoms with Gasteiger partial charge in [0.25, 0.3) is 0 Å². The minimum absolute atomic E-state index is 0.137. The minimum Gasteiger partial charge on any atom is -0.469 e. The molecule has 0 atom stereocenters. The van der Waals surface area contributed by atoms with Crippen LogP contribution in [0.5, 0.6) is 0 Å². The number of unbranched alkanes of at least 4 members (excludes halogenated alkanes) is 2. The van der Waals surface area contributed by atoms with E-state index in [-0.39, 0.29) is 23.9 Å². The van der Waals surface area contributed by atoms with Crippen molar-refractivity contribution in [3.8, 4) is 0 Å². The van der Waals surface area contributed by atoms with Crippen LogP contribution in [-0.2, 0) is 14.3 Å². The summed E-state index contributed by atoms with van der Waals surface area (Å²) in [5.41, 5.74) is 0. The molecule has 1 amide bonds. The van der Waals surface area contributed by atoms with E-state index in [1.165, 1.54) is 7.11 Å². The van der Waals surface area contributed by atoms with E-state index in [0.29, 0.717) is 19.3 Å². The summed E-state index contributed by atoms with van der Waals surface area (Å²) in [4.78, 5) is 21.3. The highest BCUT2D eigenvalue weighted by molar-refractivity contribution is 5.81. The highest BCUT2D eigenvalue weighted by atomic mass is 19.4. The molecule has 0 aromatic carbocycles. The third-order valence-corrected chi connectivity index (χ3v) is 2.01. The molecule has 0 aliphatic carbocycles. The van der Waals surface area contributed by atoms with Gasteiger partial charge in [-0.15, -0.1) is 0 Å². The maximum absolute atomic E-state index is 11.9. The van der Waals surface area contributed by atoms with E-state index < -0.39 is 12.1 Å². The van der Waals surface area contributed by atoms with E-state index in [9.17, 15) is 22.8 Å². The summed E-state index contributed by atoms with van der Waals surface area (Å²) in [6, 6.07) is 0. The molecule has 17 heavy (non-hydrogen) atoms. The van der Waals surface area contributed by atoms with E-state index >= 15 is 0 Å². The molecule has 0 aliphatic rings. The van der Waals surface area contributed by atoms with Crippen molar-refractivity contribution in [1.82, 2.24) is 5.01 Å². The zero-order chi connectivity index (χ0) is 13.5. The van der Waals surface area contributed by atoms with Crippen molar-refractivity contribution < 1.29 is 27.5 Å². The van der Waals surface area contributed by atoms with Gasteiger partial charge < -0.3 is 4.74 Å². The second-order valence-corrected chi connectivity index (χ2v) is 3.38. The number of rotatable bonds is 6. The number of nitrogens with two attached hydrogens (primary N) is 1. The quantitative estimate of drug-likeness (QED) is 0.253. The number of esters is 1. The molecule has 2 N–H and O–H groups in total.